The van der Waals surface area contributed by atoms with E-state index in [-0.39, 0.29) is 54.4 Å². The molecule has 1 aliphatic heterocycles. The van der Waals surface area contributed by atoms with E-state index in [1.165, 1.54) is 21.1 Å². The molecule has 1 unspecified atom stereocenters. The summed E-state index contributed by atoms with van der Waals surface area (Å²) in [5.74, 6) is -3.02. The lowest BCUT2D eigenvalue weighted by Crippen LogP contribution is -2.59. The van der Waals surface area contributed by atoms with Crippen molar-refractivity contribution in [3.8, 4) is 0 Å². The molecular weight excluding hydrogens is 946 g/mol. The van der Waals surface area contributed by atoms with Gasteiger partial charge in [0.05, 0.1) is 55.3 Å². The molecule has 0 aliphatic carbocycles. The van der Waals surface area contributed by atoms with E-state index in [9.17, 15) is 38.2 Å². The van der Waals surface area contributed by atoms with Gasteiger partial charge in [0.2, 0.25) is 35.4 Å². The number of nitrogens with zero attached hydrogens (tertiary/aromatic N) is 3. The maximum absolute atomic E-state index is 14.5. The van der Waals surface area contributed by atoms with Gasteiger partial charge in [-0.05, 0) is 81.8 Å². The minimum atomic E-state index is -4.77. The number of carbonyl (C=O) groups is 6. The fourth-order valence-electron chi connectivity index (χ4n) is 9.56. The number of amides is 6. The molecule has 0 radical (unpaired) electrons. The van der Waals surface area contributed by atoms with Gasteiger partial charge >= 0.3 is 7.82 Å². The fourth-order valence-corrected chi connectivity index (χ4v) is 10.5. The van der Waals surface area contributed by atoms with Crippen molar-refractivity contribution in [2.24, 2.45) is 23.7 Å². The number of anilines is 1. The summed E-state index contributed by atoms with van der Waals surface area (Å²) < 4.78 is 36.8. The van der Waals surface area contributed by atoms with E-state index in [2.05, 4.69) is 21.3 Å². The third kappa shape index (κ3) is 17.4. The summed E-state index contributed by atoms with van der Waals surface area (Å²) in [5.41, 5.74) is 1.45. The summed E-state index contributed by atoms with van der Waals surface area (Å²) >= 11 is 0. The molecule has 5 N–H and O–H groups in total. The molecule has 1 aliphatic rings. The minimum absolute atomic E-state index is 0.00899. The van der Waals surface area contributed by atoms with Gasteiger partial charge in [-0.3, -0.25) is 42.7 Å². The minimum Gasteiger partial charge on any atom is -0.379 e. The molecule has 12 atom stereocenters. The van der Waals surface area contributed by atoms with Crippen LogP contribution < -0.4 is 21.3 Å². The molecule has 72 heavy (non-hydrogen) atoms. The summed E-state index contributed by atoms with van der Waals surface area (Å²) in [6.07, 6.45) is -0.703. The smallest absolute Gasteiger partial charge is 0.379 e. The van der Waals surface area contributed by atoms with Crippen molar-refractivity contribution >= 4 is 49.0 Å². The van der Waals surface area contributed by atoms with Crippen LogP contribution in [0.5, 0.6) is 0 Å². The van der Waals surface area contributed by atoms with Gasteiger partial charge in [-0.1, -0.05) is 97.4 Å². The molecule has 0 saturated carbocycles. The highest BCUT2D eigenvalue weighted by atomic mass is 31.2. The summed E-state index contributed by atoms with van der Waals surface area (Å²) in [4.78, 5) is 96.5. The Balaban J connectivity index is 1.76. The van der Waals surface area contributed by atoms with Crippen LogP contribution in [0.15, 0.2) is 54.6 Å². The summed E-state index contributed by atoms with van der Waals surface area (Å²) in [7, 11) is 3.63. The number of likely N-dealkylation sites (N-methyl/N-ethyl adjacent to an activating group) is 2. The Morgan fingerprint density at radius 2 is 1.44 bits per heavy atom. The largest absolute Gasteiger partial charge is 0.473 e. The molecule has 0 aromatic heterocycles. The van der Waals surface area contributed by atoms with Crippen LogP contribution in [-0.2, 0) is 58.5 Å². The van der Waals surface area contributed by atoms with Crippen LogP contribution in [0.1, 0.15) is 112 Å². The molecule has 1 fully saturated rings. The molecule has 404 valence electrons. The van der Waals surface area contributed by atoms with E-state index in [0.717, 1.165) is 0 Å². The van der Waals surface area contributed by atoms with Gasteiger partial charge < -0.3 is 45.4 Å². The highest BCUT2D eigenvalue weighted by Gasteiger charge is 2.44. The molecule has 6 amide bonds. The number of nitrogens with one attached hydrogen (secondary N) is 4. The number of likely N-dealkylation sites (tertiary alicyclic amines) is 1. The highest BCUT2D eigenvalue weighted by Crippen LogP contribution is 2.49. The molecule has 1 saturated heterocycles. The van der Waals surface area contributed by atoms with E-state index in [0.29, 0.717) is 42.6 Å². The lowest BCUT2D eigenvalue weighted by atomic mass is 9.89. The quantitative estimate of drug-likeness (QED) is 0.0647. The molecule has 19 nitrogen and oxygen atoms in total. The average Bonchev–Trinajstić information content (AvgIpc) is 3.81. The van der Waals surface area contributed by atoms with Crippen LogP contribution in [0.25, 0.3) is 0 Å². The lowest BCUT2D eigenvalue weighted by molar-refractivity contribution is -0.148. The normalized spacial score (nSPS) is 18.9. The van der Waals surface area contributed by atoms with Crippen molar-refractivity contribution in [2.75, 3.05) is 47.2 Å². The molecule has 20 heteroatoms. The summed E-state index contributed by atoms with van der Waals surface area (Å²) in [6.45, 7) is 18.1. The Morgan fingerprint density at radius 1 is 0.819 bits per heavy atom. The molecule has 2 aromatic rings. The number of benzene rings is 2. The number of methoxy groups -OCH3 is 2. The Morgan fingerprint density at radius 3 is 1.97 bits per heavy atom. The van der Waals surface area contributed by atoms with Gasteiger partial charge in [-0.25, -0.2) is 4.57 Å². The van der Waals surface area contributed by atoms with E-state index in [1.807, 2.05) is 60.5 Å². The van der Waals surface area contributed by atoms with Crippen LogP contribution >= 0.6 is 7.82 Å². The molecule has 3 rings (SSSR count). The Labute approximate surface area is 427 Å². The van der Waals surface area contributed by atoms with Gasteiger partial charge in [0.25, 0.3) is 0 Å². The standard InChI is InChI=1S/C52H84N7O12P/c1-16-33(6)46(58(13)52(65)44(31(2)3)56-51(64)45(32(4)5)57(11)12)42(68-14)29-43(61)59-28-20-23-41(59)47(69-15)34(7)49(62)54-35(8)48(39-21-18-17-19-22-39)71-72(66,67)70-30-38-24-26-40(27-25-38)55-50(63)36(9)53-37(10)60/h17-19,21-22,24-27,31-36,41-42,44-48H,16,20,23,28-30H2,1-15H3,(H,53,60)(H,54,62)(H,55,63)(H,56,64)(H,66,67)/t33-,34+,35+,36-,41-,42+,44-,45-,46-,47+,48+/m0/s1. The van der Waals surface area contributed by atoms with Crippen molar-refractivity contribution in [2.45, 2.75) is 156 Å². The van der Waals surface area contributed by atoms with Gasteiger partial charge in [0.1, 0.15) is 18.2 Å². The summed E-state index contributed by atoms with van der Waals surface area (Å²) in [6, 6.07) is 11.2. The van der Waals surface area contributed by atoms with Crippen molar-refractivity contribution in [1.29, 1.82) is 0 Å². The first-order chi connectivity index (χ1) is 33.8. The molecule has 1 heterocycles. The predicted molar refractivity (Wildman–Crippen MR) is 276 cm³/mol. The zero-order valence-corrected chi connectivity index (χ0v) is 46.1. The van der Waals surface area contributed by atoms with Gasteiger partial charge in [0.15, 0.2) is 0 Å². The van der Waals surface area contributed by atoms with Crippen molar-refractivity contribution in [1.82, 2.24) is 30.7 Å². The topological polar surface area (TPSA) is 234 Å². The first-order valence-electron chi connectivity index (χ1n) is 25.0. The number of carbonyl (C=O) groups excluding carboxylic acids is 6. The molecule has 2 aromatic carbocycles. The molecule has 0 spiro atoms. The van der Waals surface area contributed by atoms with E-state index >= 15 is 0 Å². The predicted octanol–water partition coefficient (Wildman–Crippen LogP) is 5.68. The van der Waals surface area contributed by atoms with Crippen molar-refractivity contribution in [3.05, 3.63) is 65.7 Å². The number of phosphoric ester groups is 1. The van der Waals surface area contributed by atoms with Crippen molar-refractivity contribution in [3.63, 3.8) is 0 Å². The van der Waals surface area contributed by atoms with E-state index in [4.69, 9.17) is 18.5 Å². The second-order valence-electron chi connectivity index (χ2n) is 20.1. The SMILES string of the molecule is CC[C@H](C)[C@@H]([C@@H](CC(=O)N1CCC[C@H]1[C@H](OC)[C@@H](C)C(=O)N[C@H](C)[C@@H](OP(=O)(O)OCc1ccc(NC(=O)[C@H](C)NC(C)=O)cc1)c1ccccc1)OC)N(C)C(=O)[C@@H](NC(=O)[C@H](C(C)C)N(C)C)C(C)C. The third-order valence-corrected chi connectivity index (χ3v) is 14.5. The van der Waals surface area contributed by atoms with Crippen molar-refractivity contribution < 1.29 is 56.7 Å². The van der Waals surface area contributed by atoms with Gasteiger partial charge in [0, 0.05) is 40.4 Å². The average molecular weight is 1030 g/mol. The number of ether oxygens (including phenoxy) is 2. The maximum Gasteiger partial charge on any atom is 0.473 e. The second-order valence-corrected chi connectivity index (χ2v) is 21.5. The zero-order valence-electron chi connectivity index (χ0n) is 45.2. The maximum atomic E-state index is 14.5. The fraction of sp³-hybridized carbons (Fsp3) is 0.654. The van der Waals surface area contributed by atoms with Gasteiger partial charge in [-0.15, -0.1) is 0 Å². The molecular formula is C52H84N7O12P. The number of phosphoric acid groups is 1. The van der Waals surface area contributed by atoms with Crippen LogP contribution in [-0.4, -0.2) is 145 Å². The Kier molecular flexibility index (Phi) is 24.5. The monoisotopic (exact) mass is 1030 g/mol. The zero-order chi connectivity index (χ0) is 54.2. The van der Waals surface area contributed by atoms with Gasteiger partial charge in [-0.2, -0.15) is 0 Å². The number of rotatable bonds is 28. The number of hydrogen-bond acceptors (Lipinski definition) is 12. The highest BCUT2D eigenvalue weighted by molar-refractivity contribution is 7.47. The first-order valence-corrected chi connectivity index (χ1v) is 26.5. The van der Waals surface area contributed by atoms with Crippen LogP contribution in [0.4, 0.5) is 5.69 Å². The van der Waals surface area contributed by atoms with Crippen LogP contribution in [0, 0.1) is 23.7 Å². The third-order valence-electron chi connectivity index (χ3n) is 13.6. The second kappa shape index (κ2) is 28.6. The Bertz CT molecular complexity index is 2120. The lowest BCUT2D eigenvalue weighted by Gasteiger charge is -2.41. The Hall–Kier alpha value is -4.75. The van der Waals surface area contributed by atoms with E-state index in [1.54, 1.807) is 92.2 Å². The summed E-state index contributed by atoms with van der Waals surface area (Å²) in [5, 5.41) is 11.2. The molecule has 0 bridgehead atoms. The van der Waals surface area contributed by atoms with Crippen LogP contribution in [0.2, 0.25) is 0 Å². The van der Waals surface area contributed by atoms with Crippen LogP contribution in [0.3, 0.4) is 0 Å². The first kappa shape index (κ1) is 61.5. The van der Waals surface area contributed by atoms with E-state index < -0.39 is 80.1 Å². The number of hydrogen-bond donors (Lipinski definition) is 5.